The van der Waals surface area contributed by atoms with Crippen LogP contribution in [-0.4, -0.2) is 0 Å². The number of rotatable bonds is 6. The third kappa shape index (κ3) is 5.07. The molecule has 3 nitrogen and oxygen atoms in total. The number of hydrogen-bond donors (Lipinski definition) is 0. The van der Waals surface area contributed by atoms with Gasteiger partial charge in [0, 0.05) is 59.7 Å². The molecule has 0 saturated carbocycles. The SMILES string of the molecule is c1ccc(N(c2ccc3c(c2)-c2ccccc2C32c3ccccc3Oc3ccccc32)c2ccc3sc4cccc(N(c5ccccc5)c5ccccc5)c4c3c2)cc1. The van der Waals surface area contributed by atoms with E-state index in [0.29, 0.717) is 0 Å². The Morgan fingerprint density at radius 3 is 1.54 bits per heavy atom. The number of anilines is 6. The molecule has 0 radical (unpaired) electrons. The van der Waals surface area contributed by atoms with Crippen LogP contribution in [0.1, 0.15) is 22.3 Å². The normalized spacial score (nSPS) is 13.0. The van der Waals surface area contributed by atoms with Gasteiger partial charge in [-0.25, -0.2) is 0 Å². The number of benzene rings is 9. The molecule has 1 aromatic heterocycles. The van der Waals surface area contributed by atoms with Crippen molar-refractivity contribution in [3.63, 3.8) is 0 Å². The van der Waals surface area contributed by atoms with Gasteiger partial charge in [0.15, 0.2) is 0 Å². The second kappa shape index (κ2) is 13.3. The van der Waals surface area contributed by atoms with Gasteiger partial charge in [-0.15, -0.1) is 11.3 Å². The van der Waals surface area contributed by atoms with Crippen LogP contribution in [0.3, 0.4) is 0 Å². The molecule has 0 unspecified atom stereocenters. The molecule has 12 rings (SSSR count). The summed E-state index contributed by atoms with van der Waals surface area (Å²) < 4.78 is 9.11. The minimum Gasteiger partial charge on any atom is -0.457 e. The first-order valence-corrected chi connectivity index (χ1v) is 20.9. The highest BCUT2D eigenvalue weighted by atomic mass is 32.1. The van der Waals surface area contributed by atoms with Crippen LogP contribution < -0.4 is 14.5 Å². The minimum atomic E-state index is -0.512. The lowest BCUT2D eigenvalue weighted by Crippen LogP contribution is -2.32. The predicted octanol–water partition coefficient (Wildman–Crippen LogP) is 15.5. The fourth-order valence-electron chi connectivity index (χ4n) is 9.71. The smallest absolute Gasteiger partial charge is 0.132 e. The molecule has 0 saturated heterocycles. The van der Waals surface area contributed by atoms with Crippen molar-refractivity contribution in [2.45, 2.75) is 5.41 Å². The van der Waals surface area contributed by atoms with Crippen LogP contribution in [0.5, 0.6) is 11.5 Å². The van der Waals surface area contributed by atoms with E-state index in [-0.39, 0.29) is 0 Å². The first-order valence-electron chi connectivity index (χ1n) is 20.1. The summed E-state index contributed by atoms with van der Waals surface area (Å²) in [4.78, 5) is 4.80. The molecule has 0 bridgehead atoms. The molecule has 1 aliphatic carbocycles. The molecule has 4 heteroatoms. The average Bonchev–Trinajstić information content (AvgIpc) is 3.82. The summed E-state index contributed by atoms with van der Waals surface area (Å²) in [5, 5.41) is 2.48. The Labute approximate surface area is 347 Å². The van der Waals surface area contributed by atoms with Crippen molar-refractivity contribution in [1.82, 2.24) is 0 Å². The van der Waals surface area contributed by atoms with E-state index in [1.54, 1.807) is 0 Å². The van der Waals surface area contributed by atoms with Crippen LogP contribution in [-0.2, 0) is 5.41 Å². The van der Waals surface area contributed by atoms with Crippen molar-refractivity contribution in [2.24, 2.45) is 0 Å². The second-order valence-corrected chi connectivity index (χ2v) is 16.3. The summed E-state index contributed by atoms with van der Waals surface area (Å²) in [6.07, 6.45) is 0. The van der Waals surface area contributed by atoms with Gasteiger partial charge < -0.3 is 14.5 Å². The van der Waals surface area contributed by atoms with Crippen LogP contribution >= 0.6 is 11.3 Å². The molecule has 278 valence electrons. The first kappa shape index (κ1) is 33.7. The van der Waals surface area contributed by atoms with Crippen LogP contribution in [0.25, 0.3) is 31.3 Å². The molecule has 1 aliphatic heterocycles. The zero-order valence-electron chi connectivity index (χ0n) is 32.0. The van der Waals surface area contributed by atoms with Gasteiger partial charge in [0.2, 0.25) is 0 Å². The van der Waals surface area contributed by atoms with Crippen molar-refractivity contribution < 1.29 is 4.74 Å². The molecule has 1 spiro atoms. The Hall–Kier alpha value is -7.40. The number of para-hydroxylation sites is 5. The van der Waals surface area contributed by atoms with Gasteiger partial charge >= 0.3 is 0 Å². The van der Waals surface area contributed by atoms with Crippen LogP contribution in [0.4, 0.5) is 34.1 Å². The molecule has 9 aromatic carbocycles. The molecular formula is C55H36N2OS. The van der Waals surface area contributed by atoms with Crippen molar-refractivity contribution >= 4 is 65.6 Å². The minimum absolute atomic E-state index is 0.512. The zero-order valence-corrected chi connectivity index (χ0v) is 32.8. The Morgan fingerprint density at radius 2 is 0.881 bits per heavy atom. The third-order valence-electron chi connectivity index (χ3n) is 12.1. The predicted molar refractivity (Wildman–Crippen MR) is 246 cm³/mol. The summed E-state index contributed by atoms with van der Waals surface area (Å²) in [7, 11) is 0. The van der Waals surface area contributed by atoms with Gasteiger partial charge in [0.05, 0.1) is 11.1 Å². The topological polar surface area (TPSA) is 15.7 Å². The van der Waals surface area contributed by atoms with Gasteiger partial charge in [-0.05, 0) is 113 Å². The largest absolute Gasteiger partial charge is 0.457 e. The van der Waals surface area contributed by atoms with E-state index in [2.05, 4.69) is 228 Å². The Kier molecular flexibility index (Phi) is 7.62. The maximum atomic E-state index is 6.59. The fraction of sp³-hybridized carbons (Fsp3) is 0.0182. The quantitative estimate of drug-likeness (QED) is 0.167. The summed E-state index contributed by atoms with van der Waals surface area (Å²) >= 11 is 1.85. The maximum Gasteiger partial charge on any atom is 0.132 e. The van der Waals surface area contributed by atoms with Crippen LogP contribution in [0.2, 0.25) is 0 Å². The molecule has 10 aromatic rings. The lowest BCUT2D eigenvalue weighted by Gasteiger charge is -2.39. The Morgan fingerprint density at radius 1 is 0.356 bits per heavy atom. The summed E-state index contributed by atoms with van der Waals surface area (Å²) in [5.41, 5.74) is 13.6. The lowest BCUT2D eigenvalue weighted by molar-refractivity contribution is 0.436. The zero-order chi connectivity index (χ0) is 38.9. The monoisotopic (exact) mass is 772 g/mol. The fourth-order valence-corrected chi connectivity index (χ4v) is 10.8. The lowest BCUT2D eigenvalue weighted by atomic mass is 9.66. The van der Waals surface area contributed by atoms with E-state index in [0.717, 1.165) is 45.6 Å². The average molecular weight is 773 g/mol. The first-order chi connectivity index (χ1) is 29.3. The molecular weight excluding hydrogens is 737 g/mol. The van der Waals surface area contributed by atoms with E-state index in [4.69, 9.17) is 4.74 Å². The third-order valence-corrected chi connectivity index (χ3v) is 13.2. The van der Waals surface area contributed by atoms with E-state index >= 15 is 0 Å². The van der Waals surface area contributed by atoms with E-state index in [1.165, 1.54) is 53.6 Å². The van der Waals surface area contributed by atoms with Crippen molar-refractivity contribution in [3.05, 3.63) is 241 Å². The molecule has 0 N–H and O–H groups in total. The van der Waals surface area contributed by atoms with Gasteiger partial charge in [-0.1, -0.05) is 127 Å². The molecule has 0 fully saturated rings. The van der Waals surface area contributed by atoms with Gasteiger partial charge in [0.1, 0.15) is 11.5 Å². The molecule has 0 amide bonds. The Bertz CT molecular complexity index is 3130. The molecule has 0 atom stereocenters. The van der Waals surface area contributed by atoms with Gasteiger partial charge in [0.25, 0.3) is 0 Å². The highest BCUT2D eigenvalue weighted by Crippen LogP contribution is 2.62. The number of thiophene rings is 1. The molecule has 59 heavy (non-hydrogen) atoms. The van der Waals surface area contributed by atoms with E-state index in [1.807, 2.05) is 11.3 Å². The highest BCUT2D eigenvalue weighted by molar-refractivity contribution is 7.26. The number of hydrogen-bond acceptors (Lipinski definition) is 4. The number of nitrogens with zero attached hydrogens (tertiary/aromatic N) is 2. The number of ether oxygens (including phenoxy) is 1. The van der Waals surface area contributed by atoms with E-state index in [9.17, 15) is 0 Å². The summed E-state index contributed by atoms with van der Waals surface area (Å²) in [6.45, 7) is 0. The standard InChI is InChI=1S/C55H36N2OS/c1-4-17-37(18-5-1)56(41-32-34-52-44(36-41)54-49(27-16-30-53(54)59-52)57(38-19-6-2-7-20-38)39-21-8-3-9-22-39)40-31-33-46-43(35-40)42-23-10-11-24-45(42)55(46)47-25-12-14-28-50(47)58-51-29-15-13-26-48(51)55/h1-36H. The van der Waals surface area contributed by atoms with Gasteiger partial charge in [-0.2, -0.15) is 0 Å². The second-order valence-electron chi connectivity index (χ2n) is 15.2. The molecule has 2 aliphatic rings. The van der Waals surface area contributed by atoms with Crippen molar-refractivity contribution in [3.8, 4) is 22.6 Å². The van der Waals surface area contributed by atoms with Crippen molar-refractivity contribution in [1.29, 1.82) is 0 Å². The highest BCUT2D eigenvalue weighted by Gasteiger charge is 2.51. The van der Waals surface area contributed by atoms with Crippen LogP contribution in [0, 0.1) is 0 Å². The van der Waals surface area contributed by atoms with Gasteiger partial charge in [-0.3, -0.25) is 0 Å². The summed E-state index contributed by atoms with van der Waals surface area (Å²) in [5.74, 6) is 1.80. The Balaban J connectivity index is 1.08. The summed E-state index contributed by atoms with van der Waals surface area (Å²) in [6, 6.07) is 79.0. The van der Waals surface area contributed by atoms with E-state index < -0.39 is 5.41 Å². The number of fused-ring (bicyclic) bond motifs is 12. The maximum absolute atomic E-state index is 6.59. The van der Waals surface area contributed by atoms with Crippen molar-refractivity contribution in [2.75, 3.05) is 9.80 Å². The molecule has 2 heterocycles. The van der Waals surface area contributed by atoms with Crippen LogP contribution in [0.15, 0.2) is 218 Å².